The van der Waals surface area contributed by atoms with E-state index >= 15 is 0 Å². The third-order valence-corrected chi connectivity index (χ3v) is 7.15. The first kappa shape index (κ1) is 19.0. The molecule has 2 aromatic rings. The summed E-state index contributed by atoms with van der Waals surface area (Å²) in [5.74, 6) is -0.154. The molecule has 2 heterocycles. The van der Waals surface area contributed by atoms with Crippen LogP contribution in [0.4, 0.5) is 5.69 Å². The summed E-state index contributed by atoms with van der Waals surface area (Å²) in [7, 11) is -3.61. The molecule has 0 spiro atoms. The second kappa shape index (κ2) is 7.56. The first-order chi connectivity index (χ1) is 13.4. The van der Waals surface area contributed by atoms with Gasteiger partial charge in [-0.3, -0.25) is 9.10 Å². The first-order valence-corrected chi connectivity index (χ1v) is 11.0. The molecule has 1 fully saturated rings. The van der Waals surface area contributed by atoms with Crippen molar-refractivity contribution in [2.75, 3.05) is 24.0 Å². The molecule has 0 bridgehead atoms. The zero-order chi connectivity index (χ0) is 19.7. The lowest BCUT2D eigenvalue weighted by Crippen LogP contribution is -2.31. The van der Waals surface area contributed by atoms with Crippen molar-refractivity contribution in [1.29, 1.82) is 0 Å². The van der Waals surface area contributed by atoms with E-state index in [1.165, 1.54) is 4.31 Å². The van der Waals surface area contributed by atoms with E-state index in [1.807, 2.05) is 6.92 Å². The highest BCUT2D eigenvalue weighted by Gasteiger charge is 2.31. The third kappa shape index (κ3) is 3.64. The van der Waals surface area contributed by atoms with Crippen molar-refractivity contribution in [3.05, 3.63) is 59.2 Å². The maximum Gasteiger partial charge on any atom is 0.264 e. The number of nitrogens with zero attached hydrogens (tertiary/aromatic N) is 1. The minimum atomic E-state index is -3.61. The molecule has 2 aliphatic rings. The number of anilines is 1. The number of fused-ring (bicyclic) bond motifs is 1. The molecule has 0 unspecified atom stereocenters. The van der Waals surface area contributed by atoms with Gasteiger partial charge < -0.3 is 10.1 Å². The lowest BCUT2D eigenvalue weighted by Gasteiger charge is -2.20. The van der Waals surface area contributed by atoms with E-state index < -0.39 is 10.0 Å². The highest BCUT2D eigenvalue weighted by atomic mass is 32.2. The molecular formula is C21H24N2O4S. The fraction of sp³-hybridized carbons (Fsp3) is 0.381. The molecule has 28 heavy (non-hydrogen) atoms. The Hall–Kier alpha value is -2.38. The van der Waals surface area contributed by atoms with Crippen LogP contribution in [0.1, 0.15) is 34.3 Å². The Labute approximate surface area is 165 Å². The van der Waals surface area contributed by atoms with Crippen molar-refractivity contribution >= 4 is 21.6 Å². The zero-order valence-corrected chi connectivity index (χ0v) is 16.7. The molecular weight excluding hydrogens is 376 g/mol. The molecule has 0 radical (unpaired) electrons. The zero-order valence-electron chi connectivity index (χ0n) is 15.8. The van der Waals surface area contributed by atoms with Crippen LogP contribution >= 0.6 is 0 Å². The minimum absolute atomic E-state index is 0.0912. The number of aryl methyl sites for hydroxylation is 1. The Balaban J connectivity index is 1.51. The molecule has 2 aromatic carbocycles. The number of benzene rings is 2. The number of carbonyl (C=O) groups excluding carboxylic acids is 1. The maximum atomic E-state index is 13.0. The highest BCUT2D eigenvalue weighted by Crippen LogP contribution is 2.33. The topological polar surface area (TPSA) is 75.7 Å². The lowest BCUT2D eigenvalue weighted by atomic mass is 10.1. The minimum Gasteiger partial charge on any atom is -0.376 e. The van der Waals surface area contributed by atoms with Crippen LogP contribution in [0.25, 0.3) is 0 Å². The van der Waals surface area contributed by atoms with Crippen molar-refractivity contribution in [3.8, 4) is 0 Å². The number of amides is 1. The molecule has 0 saturated carbocycles. The second-order valence-electron chi connectivity index (χ2n) is 7.33. The Kier molecular flexibility index (Phi) is 5.12. The van der Waals surface area contributed by atoms with Crippen LogP contribution in [-0.4, -0.2) is 40.1 Å². The van der Waals surface area contributed by atoms with Gasteiger partial charge in [0.05, 0.1) is 16.7 Å². The standard InChI is InChI=1S/C21H24N2O4S/c1-15-4-7-19(8-5-15)28(25,26)23-11-10-16-13-17(6-9-20(16)23)21(24)22-14-18-3-2-12-27-18/h4-9,13,18H,2-3,10-12,14H2,1H3,(H,22,24)/t18-/m0/s1. The fourth-order valence-electron chi connectivity index (χ4n) is 3.71. The summed E-state index contributed by atoms with van der Waals surface area (Å²) in [6.07, 6.45) is 2.68. The van der Waals surface area contributed by atoms with Gasteiger partial charge in [-0.25, -0.2) is 8.42 Å². The smallest absolute Gasteiger partial charge is 0.264 e. The van der Waals surface area contributed by atoms with Gasteiger partial charge in [-0.05, 0) is 62.1 Å². The summed E-state index contributed by atoms with van der Waals surface area (Å²) < 4.78 is 33.0. The molecule has 6 nitrogen and oxygen atoms in total. The Morgan fingerprint density at radius 1 is 1.21 bits per heavy atom. The SMILES string of the molecule is Cc1ccc(S(=O)(=O)N2CCc3cc(C(=O)NC[C@@H]4CCCO4)ccc32)cc1. The summed E-state index contributed by atoms with van der Waals surface area (Å²) in [6.45, 7) is 3.56. The van der Waals surface area contributed by atoms with Gasteiger partial charge in [0.2, 0.25) is 0 Å². The molecule has 4 rings (SSSR count). The van der Waals surface area contributed by atoms with Gasteiger partial charge in [0.1, 0.15) is 0 Å². The van der Waals surface area contributed by atoms with Gasteiger partial charge >= 0.3 is 0 Å². The fourth-order valence-corrected chi connectivity index (χ4v) is 5.22. The monoisotopic (exact) mass is 400 g/mol. The average Bonchev–Trinajstić information content (AvgIpc) is 3.35. The molecule has 0 aliphatic carbocycles. The van der Waals surface area contributed by atoms with Crippen LogP contribution in [0.3, 0.4) is 0 Å². The Morgan fingerprint density at radius 2 is 2.00 bits per heavy atom. The summed E-state index contributed by atoms with van der Waals surface area (Å²) in [6, 6.07) is 12.1. The summed E-state index contributed by atoms with van der Waals surface area (Å²) in [4.78, 5) is 12.7. The van der Waals surface area contributed by atoms with E-state index in [2.05, 4.69) is 5.32 Å². The van der Waals surface area contributed by atoms with E-state index in [1.54, 1.807) is 42.5 Å². The highest BCUT2D eigenvalue weighted by molar-refractivity contribution is 7.92. The lowest BCUT2D eigenvalue weighted by molar-refractivity contribution is 0.0857. The molecule has 0 aromatic heterocycles. The van der Waals surface area contributed by atoms with Crippen LogP contribution in [0.15, 0.2) is 47.4 Å². The van der Waals surface area contributed by atoms with E-state index in [-0.39, 0.29) is 16.9 Å². The van der Waals surface area contributed by atoms with Gasteiger partial charge in [-0.15, -0.1) is 0 Å². The van der Waals surface area contributed by atoms with E-state index in [9.17, 15) is 13.2 Å². The van der Waals surface area contributed by atoms with Gasteiger partial charge in [0, 0.05) is 25.3 Å². The predicted octanol–water partition coefficient (Wildman–Crippen LogP) is 2.66. The van der Waals surface area contributed by atoms with Gasteiger partial charge in [0.25, 0.3) is 15.9 Å². The van der Waals surface area contributed by atoms with Crippen molar-refractivity contribution in [2.45, 2.75) is 37.2 Å². The Morgan fingerprint density at radius 3 is 2.71 bits per heavy atom. The molecule has 7 heteroatoms. The Bertz CT molecular complexity index is 980. The molecule has 1 atom stereocenters. The van der Waals surface area contributed by atoms with Crippen molar-refractivity contribution < 1.29 is 17.9 Å². The number of sulfonamides is 1. The number of ether oxygens (including phenoxy) is 1. The normalized spacial score (nSPS) is 18.9. The number of rotatable bonds is 5. The van der Waals surface area contributed by atoms with Crippen molar-refractivity contribution in [3.63, 3.8) is 0 Å². The quantitative estimate of drug-likeness (QED) is 0.837. The second-order valence-corrected chi connectivity index (χ2v) is 9.19. The van der Waals surface area contributed by atoms with Crippen molar-refractivity contribution in [1.82, 2.24) is 5.32 Å². The number of hydrogen-bond donors (Lipinski definition) is 1. The van der Waals surface area contributed by atoms with Crippen LogP contribution in [-0.2, 0) is 21.2 Å². The summed E-state index contributed by atoms with van der Waals surface area (Å²) >= 11 is 0. The largest absolute Gasteiger partial charge is 0.376 e. The van der Waals surface area contributed by atoms with Crippen LogP contribution in [0.2, 0.25) is 0 Å². The predicted molar refractivity (Wildman–Crippen MR) is 107 cm³/mol. The first-order valence-electron chi connectivity index (χ1n) is 9.57. The number of nitrogens with one attached hydrogen (secondary N) is 1. The van der Waals surface area contributed by atoms with E-state index in [0.717, 1.165) is 30.6 Å². The summed E-state index contributed by atoms with van der Waals surface area (Å²) in [5, 5.41) is 2.91. The summed E-state index contributed by atoms with van der Waals surface area (Å²) in [5.41, 5.74) is 3.09. The van der Waals surface area contributed by atoms with Gasteiger partial charge in [-0.2, -0.15) is 0 Å². The van der Waals surface area contributed by atoms with E-state index in [0.29, 0.717) is 30.8 Å². The molecule has 1 N–H and O–H groups in total. The number of hydrogen-bond acceptors (Lipinski definition) is 4. The van der Waals surface area contributed by atoms with Crippen molar-refractivity contribution in [2.24, 2.45) is 0 Å². The maximum absolute atomic E-state index is 13.0. The van der Waals surface area contributed by atoms with Gasteiger partial charge in [-0.1, -0.05) is 17.7 Å². The van der Waals surface area contributed by atoms with Crippen LogP contribution in [0, 0.1) is 6.92 Å². The average molecular weight is 401 g/mol. The van der Waals surface area contributed by atoms with Crippen LogP contribution in [0.5, 0.6) is 0 Å². The number of carbonyl (C=O) groups is 1. The van der Waals surface area contributed by atoms with E-state index in [4.69, 9.17) is 4.74 Å². The molecule has 1 saturated heterocycles. The van der Waals surface area contributed by atoms with Crippen LogP contribution < -0.4 is 9.62 Å². The molecule has 2 aliphatic heterocycles. The third-order valence-electron chi connectivity index (χ3n) is 5.32. The molecule has 148 valence electrons. The molecule has 1 amide bonds. The van der Waals surface area contributed by atoms with Gasteiger partial charge in [0.15, 0.2) is 0 Å².